The lowest BCUT2D eigenvalue weighted by Gasteiger charge is -2.27. The molecule has 0 aromatic carbocycles. The maximum absolute atomic E-state index is 12.2. The van der Waals surface area contributed by atoms with Crippen LogP contribution >= 0.6 is 0 Å². The van der Waals surface area contributed by atoms with Gasteiger partial charge in [-0.25, -0.2) is 4.79 Å². The largest absolute Gasteiger partial charge is 0.444 e. The zero-order valence-corrected chi connectivity index (χ0v) is 9.97. The van der Waals surface area contributed by atoms with Crippen molar-refractivity contribution in [3.8, 4) is 6.07 Å². The predicted molar refractivity (Wildman–Crippen MR) is 54.1 cm³/mol. The summed E-state index contributed by atoms with van der Waals surface area (Å²) in [6.45, 7) is 2.96. The highest BCUT2D eigenvalue weighted by Gasteiger charge is 2.34. The number of carbonyl (C=O) groups excluding carboxylic acids is 1. The van der Waals surface area contributed by atoms with Crippen LogP contribution in [-0.4, -0.2) is 35.9 Å². The van der Waals surface area contributed by atoms with Crippen molar-refractivity contribution in [3.05, 3.63) is 0 Å². The summed E-state index contributed by atoms with van der Waals surface area (Å²) in [6, 6.07) is 1.68. The van der Waals surface area contributed by atoms with Gasteiger partial charge in [0.15, 0.2) is 0 Å². The van der Waals surface area contributed by atoms with Crippen LogP contribution in [0.4, 0.5) is 18.0 Å². The molecule has 4 nitrogen and oxygen atoms in total. The first-order chi connectivity index (χ1) is 7.55. The van der Waals surface area contributed by atoms with Crippen LogP contribution < -0.4 is 0 Å². The average Bonchev–Trinajstić information content (AvgIpc) is 2.07. The second kappa shape index (κ2) is 5.75. The van der Waals surface area contributed by atoms with Crippen molar-refractivity contribution in [2.45, 2.75) is 39.0 Å². The van der Waals surface area contributed by atoms with Crippen molar-refractivity contribution < 1.29 is 22.7 Å². The van der Waals surface area contributed by atoms with Gasteiger partial charge in [0.25, 0.3) is 0 Å². The number of nitrogens with zero attached hydrogens (tertiary/aromatic N) is 2. The van der Waals surface area contributed by atoms with Gasteiger partial charge in [0.05, 0.1) is 12.5 Å². The summed E-state index contributed by atoms with van der Waals surface area (Å²) in [5.74, 6) is 0. The Labute approximate surface area is 97.9 Å². The Morgan fingerprint density at radius 1 is 1.35 bits per heavy atom. The first kappa shape index (κ1) is 15.6. The van der Waals surface area contributed by atoms with Crippen LogP contribution in [0.25, 0.3) is 0 Å². The second-order valence-electron chi connectivity index (χ2n) is 4.43. The molecule has 98 valence electrons. The highest BCUT2D eigenvalue weighted by molar-refractivity contribution is 5.68. The first-order valence-electron chi connectivity index (χ1n) is 4.97. The van der Waals surface area contributed by atoms with Crippen LogP contribution in [0.3, 0.4) is 0 Å². The molecule has 0 saturated carbocycles. The van der Waals surface area contributed by atoms with E-state index < -0.39 is 24.4 Å². The second-order valence-corrected chi connectivity index (χ2v) is 4.43. The molecule has 0 N–H and O–H groups in total. The van der Waals surface area contributed by atoms with Crippen LogP contribution in [-0.2, 0) is 4.74 Å². The molecule has 0 atom stereocenters. The van der Waals surface area contributed by atoms with Gasteiger partial charge in [-0.2, -0.15) is 18.4 Å². The molecular formula is C10H15F3N2O2. The van der Waals surface area contributed by atoms with Gasteiger partial charge in [0.1, 0.15) is 12.1 Å². The summed E-state index contributed by atoms with van der Waals surface area (Å²) in [5.41, 5.74) is -0.867. The molecule has 0 aromatic heterocycles. The highest BCUT2D eigenvalue weighted by atomic mass is 19.4. The topological polar surface area (TPSA) is 53.3 Å². The predicted octanol–water partition coefficient (Wildman–Crippen LogP) is 2.70. The first-order valence-corrected chi connectivity index (χ1v) is 4.97. The van der Waals surface area contributed by atoms with E-state index in [1.165, 1.54) is 0 Å². The molecule has 0 rings (SSSR count). The van der Waals surface area contributed by atoms with E-state index in [0.29, 0.717) is 4.90 Å². The van der Waals surface area contributed by atoms with Crippen LogP contribution in [0.1, 0.15) is 27.2 Å². The normalized spacial score (nSPS) is 11.8. The van der Waals surface area contributed by atoms with E-state index in [1.54, 1.807) is 26.8 Å². The third kappa shape index (κ3) is 8.37. The Kier molecular flexibility index (Phi) is 5.26. The molecule has 0 aliphatic carbocycles. The number of hydrogen-bond acceptors (Lipinski definition) is 3. The monoisotopic (exact) mass is 252 g/mol. The molecule has 0 fully saturated rings. The SMILES string of the molecule is CC(C)(C)OC(=O)N(CCC#N)CC(F)(F)F. The number of rotatable bonds is 3. The standard InChI is InChI=1S/C10H15F3N2O2/c1-9(2,3)17-8(16)15(6-4-5-14)7-10(11,12)13/h4,6-7H2,1-3H3. The van der Waals surface area contributed by atoms with Gasteiger partial charge in [-0.1, -0.05) is 0 Å². The van der Waals surface area contributed by atoms with Crippen LogP contribution in [0.5, 0.6) is 0 Å². The zero-order valence-electron chi connectivity index (χ0n) is 9.97. The van der Waals surface area contributed by atoms with E-state index >= 15 is 0 Å². The molecule has 0 bridgehead atoms. The van der Waals surface area contributed by atoms with Crippen LogP contribution in [0, 0.1) is 11.3 Å². The van der Waals surface area contributed by atoms with Gasteiger partial charge >= 0.3 is 12.3 Å². The van der Waals surface area contributed by atoms with E-state index in [1.807, 2.05) is 0 Å². The molecule has 7 heteroatoms. The number of nitriles is 1. The Bertz CT molecular complexity index is 302. The number of carbonyl (C=O) groups is 1. The fourth-order valence-corrected chi connectivity index (χ4v) is 0.963. The van der Waals surface area contributed by atoms with Gasteiger partial charge in [-0.05, 0) is 20.8 Å². The van der Waals surface area contributed by atoms with Crippen LogP contribution in [0.2, 0.25) is 0 Å². The summed E-state index contributed by atoms with van der Waals surface area (Å²) in [6.07, 6.45) is -5.74. The summed E-state index contributed by atoms with van der Waals surface area (Å²) in [7, 11) is 0. The Morgan fingerprint density at radius 3 is 2.24 bits per heavy atom. The number of ether oxygens (including phenoxy) is 1. The Hall–Kier alpha value is -1.45. The minimum absolute atomic E-state index is 0.171. The molecule has 0 aliphatic rings. The molecule has 0 spiro atoms. The van der Waals surface area contributed by atoms with Crippen molar-refractivity contribution >= 4 is 6.09 Å². The summed E-state index contributed by atoms with van der Waals surface area (Å²) in [5, 5.41) is 8.32. The highest BCUT2D eigenvalue weighted by Crippen LogP contribution is 2.18. The number of amides is 1. The minimum atomic E-state index is -4.51. The third-order valence-electron chi connectivity index (χ3n) is 1.52. The Balaban J connectivity index is 4.58. The summed E-state index contributed by atoms with van der Waals surface area (Å²) < 4.78 is 41.4. The number of halogens is 3. The summed E-state index contributed by atoms with van der Waals surface area (Å²) >= 11 is 0. The number of hydrogen-bond donors (Lipinski definition) is 0. The molecule has 0 aliphatic heterocycles. The van der Waals surface area contributed by atoms with E-state index in [-0.39, 0.29) is 13.0 Å². The lowest BCUT2D eigenvalue weighted by molar-refractivity contribution is -0.144. The van der Waals surface area contributed by atoms with Gasteiger partial charge in [0.2, 0.25) is 0 Å². The third-order valence-corrected chi connectivity index (χ3v) is 1.52. The lowest BCUT2D eigenvalue weighted by atomic mass is 10.2. The van der Waals surface area contributed by atoms with E-state index in [2.05, 4.69) is 0 Å². The molecule has 0 heterocycles. The number of alkyl halides is 3. The molecule has 0 unspecified atom stereocenters. The summed E-state index contributed by atoms with van der Waals surface area (Å²) in [4.78, 5) is 11.9. The fraction of sp³-hybridized carbons (Fsp3) is 0.800. The van der Waals surface area contributed by atoms with Crippen LogP contribution in [0.15, 0.2) is 0 Å². The van der Waals surface area contributed by atoms with E-state index in [9.17, 15) is 18.0 Å². The fourth-order valence-electron chi connectivity index (χ4n) is 0.963. The van der Waals surface area contributed by atoms with E-state index in [4.69, 9.17) is 10.00 Å². The maximum atomic E-state index is 12.2. The average molecular weight is 252 g/mol. The minimum Gasteiger partial charge on any atom is -0.444 e. The Morgan fingerprint density at radius 2 is 1.88 bits per heavy atom. The van der Waals surface area contributed by atoms with Gasteiger partial charge in [-0.15, -0.1) is 0 Å². The smallest absolute Gasteiger partial charge is 0.410 e. The van der Waals surface area contributed by atoms with Crippen molar-refractivity contribution in [1.82, 2.24) is 4.90 Å². The lowest BCUT2D eigenvalue weighted by Crippen LogP contribution is -2.42. The molecule has 0 aromatic rings. The van der Waals surface area contributed by atoms with Crippen molar-refractivity contribution in [3.63, 3.8) is 0 Å². The zero-order chi connectivity index (χ0) is 13.7. The maximum Gasteiger partial charge on any atom is 0.410 e. The van der Waals surface area contributed by atoms with Crippen molar-refractivity contribution in [2.24, 2.45) is 0 Å². The van der Waals surface area contributed by atoms with Crippen molar-refractivity contribution in [1.29, 1.82) is 5.26 Å². The molecular weight excluding hydrogens is 237 g/mol. The van der Waals surface area contributed by atoms with Gasteiger partial charge in [-0.3, -0.25) is 4.90 Å². The van der Waals surface area contributed by atoms with Gasteiger partial charge in [0, 0.05) is 6.54 Å². The molecule has 0 saturated heterocycles. The van der Waals surface area contributed by atoms with Gasteiger partial charge < -0.3 is 4.74 Å². The molecule has 17 heavy (non-hydrogen) atoms. The quantitative estimate of drug-likeness (QED) is 0.776. The van der Waals surface area contributed by atoms with Crippen molar-refractivity contribution in [2.75, 3.05) is 13.1 Å². The molecule has 0 radical (unpaired) electrons. The molecule has 1 amide bonds. The van der Waals surface area contributed by atoms with E-state index in [0.717, 1.165) is 0 Å².